The Labute approximate surface area is 162 Å². The molecule has 1 aromatic rings. The average Bonchev–Trinajstić information content (AvgIpc) is 3.09. The van der Waals surface area contributed by atoms with Gasteiger partial charge in [-0.25, -0.2) is 0 Å². The molecule has 0 unspecified atom stereocenters. The summed E-state index contributed by atoms with van der Waals surface area (Å²) in [7, 11) is 1.83. The van der Waals surface area contributed by atoms with Crippen LogP contribution in [0, 0.1) is 0 Å². The van der Waals surface area contributed by atoms with E-state index in [0.29, 0.717) is 6.04 Å². The quantitative estimate of drug-likeness (QED) is 0.208. The topological polar surface area (TPSA) is 70.4 Å². The molecule has 0 radical (unpaired) electrons. The fraction of sp³-hybridized carbons (Fsp3) is 0.688. The summed E-state index contributed by atoms with van der Waals surface area (Å²) in [5, 5.41) is 14.5. The first-order valence-corrected chi connectivity index (χ1v) is 8.44. The van der Waals surface area contributed by atoms with Gasteiger partial charge in [-0.05, 0) is 25.7 Å². The number of aryl methyl sites for hydroxylation is 1. The van der Waals surface area contributed by atoms with Crippen LogP contribution in [-0.2, 0) is 6.54 Å². The van der Waals surface area contributed by atoms with Gasteiger partial charge in [0.2, 0.25) is 0 Å². The van der Waals surface area contributed by atoms with Crippen molar-refractivity contribution in [2.75, 3.05) is 33.2 Å². The lowest BCUT2D eigenvalue weighted by Gasteiger charge is -2.32. The summed E-state index contributed by atoms with van der Waals surface area (Å²) in [4.78, 5) is 6.76. The van der Waals surface area contributed by atoms with Crippen LogP contribution < -0.4 is 10.6 Å². The molecule has 136 valence electrons. The summed E-state index contributed by atoms with van der Waals surface area (Å²) >= 11 is 0. The van der Waals surface area contributed by atoms with E-state index in [2.05, 4.69) is 37.3 Å². The lowest BCUT2D eigenvalue weighted by Crippen LogP contribution is -2.48. The molecule has 0 amide bonds. The molecule has 2 rings (SSSR count). The molecule has 0 atom stereocenters. The highest BCUT2D eigenvalue weighted by Gasteiger charge is 2.18. The van der Waals surface area contributed by atoms with E-state index in [1.807, 2.05) is 17.7 Å². The number of likely N-dealkylation sites (tertiary alicyclic amines) is 1. The SMILES string of the molecule is C=CCN1CCC(NC(=NC)NCCCCn2cnnc2)CC1.I. The van der Waals surface area contributed by atoms with Gasteiger partial charge in [-0.15, -0.1) is 40.8 Å². The second-order valence-electron chi connectivity index (χ2n) is 5.91. The van der Waals surface area contributed by atoms with Gasteiger partial charge in [0, 0.05) is 45.8 Å². The van der Waals surface area contributed by atoms with E-state index in [1.165, 1.54) is 0 Å². The molecule has 0 spiro atoms. The molecule has 0 aromatic carbocycles. The van der Waals surface area contributed by atoms with E-state index < -0.39 is 0 Å². The van der Waals surface area contributed by atoms with E-state index in [0.717, 1.165) is 64.4 Å². The Balaban J connectivity index is 0.00000288. The second kappa shape index (κ2) is 12.2. The van der Waals surface area contributed by atoms with Gasteiger partial charge in [-0.3, -0.25) is 9.89 Å². The number of hydrogen-bond acceptors (Lipinski definition) is 4. The molecule has 2 heterocycles. The van der Waals surface area contributed by atoms with Crippen LogP contribution in [0.4, 0.5) is 0 Å². The van der Waals surface area contributed by atoms with Crippen molar-refractivity contribution < 1.29 is 0 Å². The number of nitrogens with zero attached hydrogens (tertiary/aromatic N) is 5. The Morgan fingerprint density at radius 3 is 2.62 bits per heavy atom. The van der Waals surface area contributed by atoms with Crippen molar-refractivity contribution in [2.45, 2.75) is 38.3 Å². The largest absolute Gasteiger partial charge is 0.356 e. The van der Waals surface area contributed by atoms with Crippen molar-refractivity contribution in [2.24, 2.45) is 4.99 Å². The van der Waals surface area contributed by atoms with Gasteiger partial charge >= 0.3 is 0 Å². The maximum atomic E-state index is 4.32. The van der Waals surface area contributed by atoms with Crippen LogP contribution in [0.25, 0.3) is 0 Å². The molecule has 7 nitrogen and oxygen atoms in total. The highest BCUT2D eigenvalue weighted by Crippen LogP contribution is 2.09. The molecular formula is C16H30IN7. The van der Waals surface area contributed by atoms with E-state index in [4.69, 9.17) is 0 Å². The fourth-order valence-corrected chi connectivity index (χ4v) is 2.79. The zero-order chi connectivity index (χ0) is 16.3. The molecule has 1 aromatic heterocycles. The predicted molar refractivity (Wildman–Crippen MR) is 109 cm³/mol. The first-order chi connectivity index (χ1) is 11.3. The van der Waals surface area contributed by atoms with E-state index >= 15 is 0 Å². The number of piperidine rings is 1. The van der Waals surface area contributed by atoms with Crippen LogP contribution in [0.2, 0.25) is 0 Å². The maximum Gasteiger partial charge on any atom is 0.191 e. The molecule has 1 aliphatic heterocycles. The average molecular weight is 447 g/mol. The Morgan fingerprint density at radius 2 is 2.00 bits per heavy atom. The normalized spacial score (nSPS) is 16.5. The Bertz CT molecular complexity index is 467. The van der Waals surface area contributed by atoms with Gasteiger partial charge in [-0.1, -0.05) is 6.08 Å². The molecule has 1 fully saturated rings. The van der Waals surface area contributed by atoms with Crippen LogP contribution in [0.3, 0.4) is 0 Å². The lowest BCUT2D eigenvalue weighted by molar-refractivity contribution is 0.225. The number of hydrogen-bond donors (Lipinski definition) is 2. The van der Waals surface area contributed by atoms with Crippen molar-refractivity contribution in [1.82, 2.24) is 30.3 Å². The number of halogens is 1. The smallest absolute Gasteiger partial charge is 0.191 e. The number of aliphatic imine (C=N–C) groups is 1. The minimum absolute atomic E-state index is 0. The molecular weight excluding hydrogens is 417 g/mol. The number of rotatable bonds is 8. The van der Waals surface area contributed by atoms with Gasteiger partial charge in [-0.2, -0.15) is 0 Å². The van der Waals surface area contributed by atoms with Gasteiger partial charge in [0.15, 0.2) is 5.96 Å². The van der Waals surface area contributed by atoms with E-state index in [-0.39, 0.29) is 24.0 Å². The van der Waals surface area contributed by atoms with Crippen molar-refractivity contribution in [3.8, 4) is 0 Å². The van der Waals surface area contributed by atoms with Crippen molar-refractivity contribution in [3.05, 3.63) is 25.3 Å². The highest BCUT2D eigenvalue weighted by atomic mass is 127. The second-order valence-corrected chi connectivity index (χ2v) is 5.91. The van der Waals surface area contributed by atoms with Gasteiger partial charge < -0.3 is 15.2 Å². The Kier molecular flexibility index (Phi) is 10.6. The number of guanidine groups is 1. The molecule has 0 bridgehead atoms. The minimum Gasteiger partial charge on any atom is -0.356 e. The fourth-order valence-electron chi connectivity index (χ4n) is 2.79. The molecule has 1 aliphatic rings. The van der Waals surface area contributed by atoms with Crippen LogP contribution in [0.1, 0.15) is 25.7 Å². The first-order valence-electron chi connectivity index (χ1n) is 8.44. The minimum atomic E-state index is 0. The highest BCUT2D eigenvalue weighted by molar-refractivity contribution is 14.0. The molecule has 0 aliphatic carbocycles. The van der Waals surface area contributed by atoms with E-state index in [9.17, 15) is 0 Å². The summed E-state index contributed by atoms with van der Waals surface area (Å²) in [5.74, 6) is 0.913. The van der Waals surface area contributed by atoms with Crippen LogP contribution in [-0.4, -0.2) is 64.9 Å². The monoisotopic (exact) mass is 447 g/mol. The summed E-state index contributed by atoms with van der Waals surface area (Å²) in [6, 6.07) is 0.513. The molecule has 2 N–H and O–H groups in total. The zero-order valence-corrected chi connectivity index (χ0v) is 16.9. The van der Waals surface area contributed by atoms with Gasteiger partial charge in [0.25, 0.3) is 0 Å². The molecule has 8 heteroatoms. The summed E-state index contributed by atoms with van der Waals surface area (Å²) in [5.41, 5.74) is 0. The van der Waals surface area contributed by atoms with Crippen molar-refractivity contribution >= 4 is 29.9 Å². The number of unbranched alkanes of at least 4 members (excludes halogenated alkanes) is 1. The summed E-state index contributed by atoms with van der Waals surface area (Å²) in [6.45, 7) is 8.94. The third-order valence-electron chi connectivity index (χ3n) is 4.14. The molecule has 24 heavy (non-hydrogen) atoms. The van der Waals surface area contributed by atoms with Crippen LogP contribution in [0.15, 0.2) is 30.3 Å². The number of aromatic nitrogens is 3. The van der Waals surface area contributed by atoms with Crippen molar-refractivity contribution in [1.29, 1.82) is 0 Å². The Hall–Kier alpha value is -1.16. The first kappa shape index (κ1) is 20.9. The maximum absolute atomic E-state index is 4.32. The molecule has 0 saturated carbocycles. The van der Waals surface area contributed by atoms with Crippen LogP contribution >= 0.6 is 24.0 Å². The zero-order valence-electron chi connectivity index (χ0n) is 14.5. The van der Waals surface area contributed by atoms with E-state index in [1.54, 1.807) is 12.7 Å². The lowest BCUT2D eigenvalue weighted by atomic mass is 10.1. The van der Waals surface area contributed by atoms with Gasteiger partial charge in [0.05, 0.1) is 0 Å². The van der Waals surface area contributed by atoms with Gasteiger partial charge in [0.1, 0.15) is 12.7 Å². The molecule has 1 saturated heterocycles. The van der Waals surface area contributed by atoms with Crippen LogP contribution in [0.5, 0.6) is 0 Å². The summed E-state index contributed by atoms with van der Waals surface area (Å²) in [6.07, 6.45) is 10.00. The predicted octanol–water partition coefficient (Wildman–Crippen LogP) is 1.49. The third-order valence-corrected chi connectivity index (χ3v) is 4.14. The number of nitrogens with one attached hydrogen (secondary N) is 2. The Morgan fingerprint density at radius 1 is 1.29 bits per heavy atom. The standard InChI is InChI=1S/C16H29N7.HI/c1-3-9-22-11-6-15(7-12-22)21-16(17-2)18-8-4-5-10-23-13-19-20-14-23;/h3,13-15H,1,4-12H2,2H3,(H2,17,18,21);1H. The third kappa shape index (κ3) is 7.61. The van der Waals surface area contributed by atoms with Crippen molar-refractivity contribution in [3.63, 3.8) is 0 Å². The summed E-state index contributed by atoms with van der Waals surface area (Å²) < 4.78 is 2.00.